The predicted octanol–water partition coefficient (Wildman–Crippen LogP) is 1.71. The van der Waals surface area contributed by atoms with Crippen LogP contribution in [0.25, 0.3) is 0 Å². The average molecular weight is 180 g/mol. The van der Waals surface area contributed by atoms with E-state index in [1.165, 1.54) is 5.06 Å². The molecular formula is C9H12N2O2. The van der Waals surface area contributed by atoms with Crippen molar-refractivity contribution in [3.63, 3.8) is 0 Å². The molecule has 0 saturated heterocycles. The third-order valence-corrected chi connectivity index (χ3v) is 1.29. The summed E-state index contributed by atoms with van der Waals surface area (Å²) in [5, 5.41) is 3.90. The first-order valence-corrected chi connectivity index (χ1v) is 3.90. The van der Waals surface area contributed by atoms with Crippen molar-refractivity contribution in [3.8, 4) is 0 Å². The van der Waals surface area contributed by atoms with Gasteiger partial charge >= 0.3 is 6.09 Å². The van der Waals surface area contributed by atoms with Crippen molar-refractivity contribution in [2.24, 2.45) is 0 Å². The van der Waals surface area contributed by atoms with Gasteiger partial charge in [-0.05, 0) is 12.1 Å². The molecular weight excluding hydrogens is 168 g/mol. The van der Waals surface area contributed by atoms with E-state index in [0.29, 0.717) is 5.69 Å². The highest BCUT2D eigenvalue weighted by molar-refractivity contribution is 5.84. The van der Waals surface area contributed by atoms with E-state index in [1.807, 2.05) is 18.2 Å². The monoisotopic (exact) mass is 180 g/mol. The van der Waals surface area contributed by atoms with Crippen molar-refractivity contribution in [3.05, 3.63) is 30.3 Å². The zero-order valence-corrected chi connectivity index (χ0v) is 7.65. The van der Waals surface area contributed by atoms with Gasteiger partial charge in [0.05, 0.1) is 0 Å². The predicted molar refractivity (Wildman–Crippen MR) is 50.2 cm³/mol. The molecule has 0 spiro atoms. The summed E-state index contributed by atoms with van der Waals surface area (Å²) in [6.45, 7) is 0. The summed E-state index contributed by atoms with van der Waals surface area (Å²) in [4.78, 5) is 15.8. The summed E-state index contributed by atoms with van der Waals surface area (Å²) in [6.07, 6.45) is -0.490. The second-order valence-electron chi connectivity index (χ2n) is 2.68. The Hall–Kier alpha value is -1.55. The fourth-order valence-electron chi connectivity index (χ4n) is 0.828. The molecule has 0 fully saturated rings. The molecule has 0 saturated carbocycles. The maximum Gasteiger partial charge on any atom is 0.430 e. The molecule has 1 aromatic carbocycles. The lowest BCUT2D eigenvalue weighted by Crippen LogP contribution is -2.22. The number of hydrogen-bond acceptors (Lipinski definition) is 3. The molecule has 0 aliphatic carbocycles. The van der Waals surface area contributed by atoms with Gasteiger partial charge in [0, 0.05) is 19.8 Å². The Morgan fingerprint density at radius 3 is 2.46 bits per heavy atom. The van der Waals surface area contributed by atoms with Crippen LogP contribution in [0.1, 0.15) is 0 Å². The number of anilines is 1. The maximum atomic E-state index is 11.0. The minimum atomic E-state index is -0.490. The van der Waals surface area contributed by atoms with E-state index in [9.17, 15) is 4.79 Å². The molecule has 0 radical (unpaired) electrons. The molecule has 0 atom stereocenters. The Morgan fingerprint density at radius 1 is 1.31 bits per heavy atom. The zero-order valence-electron chi connectivity index (χ0n) is 7.65. The molecule has 70 valence electrons. The number of benzene rings is 1. The van der Waals surface area contributed by atoms with Gasteiger partial charge in [-0.25, -0.2) is 4.79 Å². The van der Waals surface area contributed by atoms with Crippen molar-refractivity contribution in [2.45, 2.75) is 0 Å². The number of para-hydroxylation sites is 1. The van der Waals surface area contributed by atoms with Gasteiger partial charge in [-0.15, -0.1) is 5.06 Å². The largest absolute Gasteiger partial charge is 0.430 e. The number of amides is 1. The maximum absolute atomic E-state index is 11.0. The van der Waals surface area contributed by atoms with E-state index < -0.39 is 6.09 Å². The van der Waals surface area contributed by atoms with Crippen LogP contribution in [0.2, 0.25) is 0 Å². The minimum Gasteiger partial charge on any atom is -0.351 e. The number of nitrogens with zero attached hydrogens (tertiary/aromatic N) is 1. The van der Waals surface area contributed by atoms with Gasteiger partial charge in [0.25, 0.3) is 0 Å². The number of nitrogens with one attached hydrogen (secondary N) is 1. The molecule has 0 heterocycles. The van der Waals surface area contributed by atoms with E-state index >= 15 is 0 Å². The standard InChI is InChI=1S/C9H12N2O2/c1-11(2)13-9(12)10-8-6-4-3-5-7-8/h3-7H,1-2H3,(H,10,12). The van der Waals surface area contributed by atoms with Crippen molar-refractivity contribution in [2.75, 3.05) is 19.4 Å². The molecule has 0 unspecified atom stereocenters. The van der Waals surface area contributed by atoms with Crippen molar-refractivity contribution >= 4 is 11.8 Å². The van der Waals surface area contributed by atoms with E-state index in [1.54, 1.807) is 26.2 Å². The average Bonchev–Trinajstić information content (AvgIpc) is 2.04. The van der Waals surface area contributed by atoms with Crippen molar-refractivity contribution in [1.82, 2.24) is 5.06 Å². The Kier molecular flexibility index (Phi) is 3.28. The third kappa shape index (κ3) is 3.57. The van der Waals surface area contributed by atoms with Gasteiger partial charge in [0.15, 0.2) is 0 Å². The first kappa shape index (κ1) is 9.54. The number of rotatable bonds is 2. The molecule has 0 aromatic heterocycles. The molecule has 0 aliphatic rings. The van der Waals surface area contributed by atoms with E-state index in [4.69, 9.17) is 4.84 Å². The summed E-state index contributed by atoms with van der Waals surface area (Å²) in [5.41, 5.74) is 0.717. The van der Waals surface area contributed by atoms with Gasteiger partial charge < -0.3 is 4.84 Å². The van der Waals surface area contributed by atoms with Crippen LogP contribution in [0.3, 0.4) is 0 Å². The second-order valence-corrected chi connectivity index (χ2v) is 2.68. The van der Waals surface area contributed by atoms with Gasteiger partial charge in [-0.2, -0.15) is 0 Å². The Labute approximate surface area is 77.1 Å². The van der Waals surface area contributed by atoms with Gasteiger partial charge in [-0.3, -0.25) is 5.32 Å². The summed E-state index contributed by atoms with van der Waals surface area (Å²) in [7, 11) is 3.29. The molecule has 1 N–H and O–H groups in total. The van der Waals surface area contributed by atoms with Gasteiger partial charge in [0.1, 0.15) is 0 Å². The van der Waals surface area contributed by atoms with Gasteiger partial charge in [0.2, 0.25) is 0 Å². The number of hydroxylamine groups is 2. The molecule has 1 aromatic rings. The second kappa shape index (κ2) is 4.47. The van der Waals surface area contributed by atoms with E-state index in [2.05, 4.69) is 5.32 Å². The Bertz CT molecular complexity index is 272. The Morgan fingerprint density at radius 2 is 1.92 bits per heavy atom. The number of carbonyl (C=O) groups is 1. The summed E-state index contributed by atoms with van der Waals surface area (Å²) < 4.78 is 0. The normalized spacial score (nSPS) is 9.77. The lowest BCUT2D eigenvalue weighted by atomic mass is 10.3. The van der Waals surface area contributed by atoms with Crippen LogP contribution in [0.15, 0.2) is 30.3 Å². The fourth-order valence-corrected chi connectivity index (χ4v) is 0.828. The molecule has 0 bridgehead atoms. The molecule has 4 heteroatoms. The zero-order chi connectivity index (χ0) is 9.68. The molecule has 1 amide bonds. The van der Waals surface area contributed by atoms with Crippen molar-refractivity contribution in [1.29, 1.82) is 0 Å². The van der Waals surface area contributed by atoms with E-state index in [-0.39, 0.29) is 0 Å². The number of carbonyl (C=O) groups excluding carboxylic acids is 1. The van der Waals surface area contributed by atoms with Crippen LogP contribution in [-0.2, 0) is 4.84 Å². The summed E-state index contributed by atoms with van der Waals surface area (Å²) >= 11 is 0. The SMILES string of the molecule is CN(C)OC(=O)Nc1ccccc1. The van der Waals surface area contributed by atoms with Gasteiger partial charge in [-0.1, -0.05) is 18.2 Å². The van der Waals surface area contributed by atoms with Crippen LogP contribution >= 0.6 is 0 Å². The molecule has 13 heavy (non-hydrogen) atoms. The highest BCUT2D eigenvalue weighted by atomic mass is 16.7. The lowest BCUT2D eigenvalue weighted by molar-refractivity contribution is -0.0474. The van der Waals surface area contributed by atoms with Crippen LogP contribution in [0.5, 0.6) is 0 Å². The molecule has 0 aliphatic heterocycles. The fraction of sp³-hybridized carbons (Fsp3) is 0.222. The third-order valence-electron chi connectivity index (χ3n) is 1.29. The molecule has 4 nitrogen and oxygen atoms in total. The quantitative estimate of drug-likeness (QED) is 0.704. The topological polar surface area (TPSA) is 41.6 Å². The summed E-state index contributed by atoms with van der Waals surface area (Å²) in [5.74, 6) is 0. The smallest absolute Gasteiger partial charge is 0.351 e. The lowest BCUT2D eigenvalue weighted by Gasteiger charge is -2.10. The van der Waals surface area contributed by atoms with E-state index in [0.717, 1.165) is 0 Å². The van der Waals surface area contributed by atoms with Crippen LogP contribution in [-0.4, -0.2) is 25.3 Å². The summed E-state index contributed by atoms with van der Waals surface area (Å²) in [6, 6.07) is 9.13. The van der Waals surface area contributed by atoms with Crippen LogP contribution in [0.4, 0.5) is 10.5 Å². The number of hydrogen-bond donors (Lipinski definition) is 1. The van der Waals surface area contributed by atoms with Crippen LogP contribution in [0, 0.1) is 0 Å². The minimum absolute atomic E-state index is 0.490. The highest BCUT2D eigenvalue weighted by Crippen LogP contribution is 2.05. The molecule has 1 rings (SSSR count). The van der Waals surface area contributed by atoms with Crippen molar-refractivity contribution < 1.29 is 9.63 Å². The highest BCUT2D eigenvalue weighted by Gasteiger charge is 2.02. The van der Waals surface area contributed by atoms with Crippen LogP contribution < -0.4 is 5.32 Å². The Balaban J connectivity index is 2.46. The first-order valence-electron chi connectivity index (χ1n) is 3.90. The first-order chi connectivity index (χ1) is 6.18.